The lowest BCUT2D eigenvalue weighted by Gasteiger charge is -2.30. The van der Waals surface area contributed by atoms with Crippen molar-refractivity contribution in [3.05, 3.63) is 58.9 Å². The van der Waals surface area contributed by atoms with Crippen LogP contribution in [0.4, 0.5) is 13.2 Å². The molecule has 2 aliphatic rings. The zero-order valence-corrected chi connectivity index (χ0v) is 13.5. The minimum absolute atomic E-state index is 0.0738. The van der Waals surface area contributed by atoms with Crippen molar-refractivity contribution in [2.45, 2.75) is 51.4 Å². The maximum absolute atomic E-state index is 13.4. The number of rotatable bonds is 3. The van der Waals surface area contributed by atoms with Gasteiger partial charge in [0.05, 0.1) is 0 Å². The van der Waals surface area contributed by atoms with Crippen LogP contribution in [-0.2, 0) is 0 Å². The molecule has 1 fully saturated rings. The van der Waals surface area contributed by atoms with E-state index in [2.05, 4.69) is 19.1 Å². The molecule has 0 nitrogen and oxygen atoms in total. The standard InChI is InChI=1S/C20H23F3/c1-2-13-3-5-14(6-4-13)15-7-9-16(10-8-15)17-11-18(21)20(23)19(22)12-17/h7-9,11-14,16H,2-6,10H2,1H3. The van der Waals surface area contributed by atoms with Gasteiger partial charge in [-0.15, -0.1) is 0 Å². The minimum Gasteiger partial charge on any atom is -0.204 e. The molecule has 1 atom stereocenters. The molecule has 0 amide bonds. The Morgan fingerprint density at radius 3 is 2.17 bits per heavy atom. The Bertz CT molecular complexity index is 599. The van der Waals surface area contributed by atoms with Crippen molar-refractivity contribution in [2.24, 2.45) is 11.8 Å². The van der Waals surface area contributed by atoms with Crippen molar-refractivity contribution in [1.29, 1.82) is 0 Å². The lowest BCUT2D eigenvalue weighted by atomic mass is 9.75. The smallest absolute Gasteiger partial charge is 0.194 e. The zero-order valence-electron chi connectivity index (χ0n) is 13.5. The van der Waals surface area contributed by atoms with E-state index in [0.717, 1.165) is 24.5 Å². The van der Waals surface area contributed by atoms with Gasteiger partial charge >= 0.3 is 0 Å². The molecule has 0 bridgehead atoms. The summed E-state index contributed by atoms with van der Waals surface area (Å²) in [4.78, 5) is 0. The van der Waals surface area contributed by atoms with Crippen LogP contribution in [-0.4, -0.2) is 0 Å². The molecule has 0 aliphatic heterocycles. The van der Waals surface area contributed by atoms with Crippen LogP contribution in [0.2, 0.25) is 0 Å². The van der Waals surface area contributed by atoms with Gasteiger partial charge < -0.3 is 0 Å². The number of halogens is 3. The summed E-state index contributed by atoms with van der Waals surface area (Å²) in [7, 11) is 0. The Morgan fingerprint density at radius 1 is 1.00 bits per heavy atom. The fourth-order valence-corrected chi connectivity index (χ4v) is 3.88. The Morgan fingerprint density at radius 2 is 1.65 bits per heavy atom. The molecule has 1 saturated carbocycles. The minimum atomic E-state index is -1.39. The first-order chi connectivity index (χ1) is 11.1. The molecule has 1 aromatic rings. The van der Waals surface area contributed by atoms with E-state index < -0.39 is 17.5 Å². The second kappa shape index (κ2) is 6.94. The van der Waals surface area contributed by atoms with Crippen molar-refractivity contribution >= 4 is 0 Å². The van der Waals surface area contributed by atoms with E-state index in [1.807, 2.05) is 6.08 Å². The first kappa shape index (κ1) is 16.4. The largest absolute Gasteiger partial charge is 0.204 e. The first-order valence-electron chi connectivity index (χ1n) is 8.61. The van der Waals surface area contributed by atoms with E-state index in [1.54, 1.807) is 0 Å². The first-order valence-corrected chi connectivity index (χ1v) is 8.61. The third kappa shape index (κ3) is 3.54. The van der Waals surface area contributed by atoms with Gasteiger partial charge in [0.1, 0.15) is 0 Å². The molecule has 0 radical (unpaired) electrons. The molecule has 3 rings (SSSR count). The topological polar surface area (TPSA) is 0 Å². The van der Waals surface area contributed by atoms with Crippen LogP contribution in [0.25, 0.3) is 0 Å². The van der Waals surface area contributed by atoms with Crippen LogP contribution in [0.15, 0.2) is 35.9 Å². The van der Waals surface area contributed by atoms with Crippen molar-refractivity contribution in [2.75, 3.05) is 0 Å². The molecule has 0 aromatic heterocycles. The van der Waals surface area contributed by atoms with Gasteiger partial charge in [-0.25, -0.2) is 13.2 Å². The Labute approximate surface area is 136 Å². The molecule has 0 saturated heterocycles. The van der Waals surface area contributed by atoms with Crippen molar-refractivity contribution in [3.63, 3.8) is 0 Å². The fourth-order valence-electron chi connectivity index (χ4n) is 3.88. The molecular weight excluding hydrogens is 297 g/mol. The van der Waals surface area contributed by atoms with Gasteiger partial charge in [0.15, 0.2) is 17.5 Å². The van der Waals surface area contributed by atoms with Crippen molar-refractivity contribution < 1.29 is 13.2 Å². The summed E-state index contributed by atoms with van der Waals surface area (Å²) in [6.45, 7) is 2.26. The lowest BCUT2D eigenvalue weighted by Crippen LogP contribution is -2.16. The van der Waals surface area contributed by atoms with E-state index in [4.69, 9.17) is 0 Å². The summed E-state index contributed by atoms with van der Waals surface area (Å²) in [5.74, 6) is -2.19. The van der Waals surface area contributed by atoms with Crippen LogP contribution >= 0.6 is 0 Å². The van der Waals surface area contributed by atoms with Gasteiger partial charge in [0, 0.05) is 5.92 Å². The third-order valence-corrected chi connectivity index (χ3v) is 5.46. The number of hydrogen-bond donors (Lipinski definition) is 0. The van der Waals surface area contributed by atoms with Crippen LogP contribution in [0.5, 0.6) is 0 Å². The maximum Gasteiger partial charge on any atom is 0.194 e. The predicted octanol–water partition coefficient (Wildman–Crippen LogP) is 6.29. The van der Waals surface area contributed by atoms with Gasteiger partial charge in [-0.1, -0.05) is 31.6 Å². The average Bonchev–Trinajstić information content (AvgIpc) is 2.59. The Hall–Kier alpha value is -1.51. The summed E-state index contributed by atoms with van der Waals surface area (Å²) >= 11 is 0. The van der Waals surface area contributed by atoms with Gasteiger partial charge in [-0.05, 0) is 67.2 Å². The molecule has 1 unspecified atom stereocenters. The second-order valence-corrected chi connectivity index (χ2v) is 6.83. The normalized spacial score (nSPS) is 27.8. The van der Waals surface area contributed by atoms with Crippen LogP contribution in [0, 0.1) is 29.3 Å². The quantitative estimate of drug-likeness (QED) is 0.574. The van der Waals surface area contributed by atoms with E-state index in [1.165, 1.54) is 37.7 Å². The predicted molar refractivity (Wildman–Crippen MR) is 86.6 cm³/mol. The summed E-state index contributed by atoms with van der Waals surface area (Å²) in [6.07, 6.45) is 13.4. The molecule has 0 spiro atoms. The SMILES string of the molecule is CCC1CCC(C2=CCC(c3cc(F)c(F)c(F)c3)C=C2)CC1. The lowest BCUT2D eigenvalue weighted by molar-refractivity contribution is 0.297. The summed E-state index contributed by atoms with van der Waals surface area (Å²) in [5, 5.41) is 0. The van der Waals surface area contributed by atoms with Gasteiger partial charge in [-0.3, -0.25) is 0 Å². The van der Waals surface area contributed by atoms with E-state index in [-0.39, 0.29) is 5.92 Å². The molecule has 0 heterocycles. The fraction of sp³-hybridized carbons (Fsp3) is 0.500. The highest BCUT2D eigenvalue weighted by Gasteiger charge is 2.24. The molecule has 0 N–H and O–H groups in total. The van der Waals surface area contributed by atoms with E-state index >= 15 is 0 Å². The molecule has 1 aromatic carbocycles. The summed E-state index contributed by atoms with van der Waals surface area (Å²) < 4.78 is 39.8. The van der Waals surface area contributed by atoms with Crippen LogP contribution in [0.1, 0.15) is 56.9 Å². The highest BCUT2D eigenvalue weighted by atomic mass is 19.2. The molecule has 3 heteroatoms. The van der Waals surface area contributed by atoms with Gasteiger partial charge in [0.2, 0.25) is 0 Å². The summed E-state index contributed by atoms with van der Waals surface area (Å²) in [5.41, 5.74) is 1.86. The van der Waals surface area contributed by atoms with Gasteiger partial charge in [0.25, 0.3) is 0 Å². The zero-order chi connectivity index (χ0) is 16.4. The summed E-state index contributed by atoms with van der Waals surface area (Å²) in [6, 6.07) is 2.22. The van der Waals surface area contributed by atoms with E-state index in [9.17, 15) is 13.2 Å². The molecular formula is C20H23F3. The molecule has 23 heavy (non-hydrogen) atoms. The second-order valence-electron chi connectivity index (χ2n) is 6.83. The highest BCUT2D eigenvalue weighted by molar-refractivity contribution is 5.35. The number of allylic oxidation sites excluding steroid dienone is 4. The average molecular weight is 320 g/mol. The number of hydrogen-bond acceptors (Lipinski definition) is 0. The highest BCUT2D eigenvalue weighted by Crippen LogP contribution is 2.38. The molecule has 124 valence electrons. The molecule has 2 aliphatic carbocycles. The Kier molecular flexibility index (Phi) is 4.93. The monoisotopic (exact) mass is 320 g/mol. The Balaban J connectivity index is 1.66. The third-order valence-electron chi connectivity index (χ3n) is 5.46. The van der Waals surface area contributed by atoms with Gasteiger partial charge in [-0.2, -0.15) is 0 Å². The van der Waals surface area contributed by atoms with Crippen molar-refractivity contribution in [3.8, 4) is 0 Å². The number of benzene rings is 1. The van der Waals surface area contributed by atoms with Crippen LogP contribution < -0.4 is 0 Å². The van der Waals surface area contributed by atoms with Crippen LogP contribution in [0.3, 0.4) is 0 Å². The van der Waals surface area contributed by atoms with Crippen molar-refractivity contribution in [1.82, 2.24) is 0 Å². The maximum atomic E-state index is 13.4. The van der Waals surface area contributed by atoms with E-state index in [0.29, 0.717) is 11.5 Å².